The summed E-state index contributed by atoms with van der Waals surface area (Å²) < 4.78 is 5.14. The number of carbonyl (C=O) groups excluding carboxylic acids is 2. The van der Waals surface area contributed by atoms with Crippen LogP contribution in [0.25, 0.3) is 11.0 Å². The van der Waals surface area contributed by atoms with E-state index in [1.807, 2.05) is 6.92 Å². The third kappa shape index (κ3) is 4.28. The Labute approximate surface area is 122 Å². The lowest BCUT2D eigenvalue weighted by Gasteiger charge is -2.06. The number of benzene rings is 1. The van der Waals surface area contributed by atoms with E-state index in [0.29, 0.717) is 31.9 Å². The van der Waals surface area contributed by atoms with Gasteiger partial charge in [0.2, 0.25) is 0 Å². The van der Waals surface area contributed by atoms with Crippen molar-refractivity contribution in [3.05, 3.63) is 24.5 Å². The lowest BCUT2D eigenvalue weighted by Crippen LogP contribution is -2.36. The third-order valence-corrected chi connectivity index (χ3v) is 2.84. The molecule has 7 heteroatoms. The summed E-state index contributed by atoms with van der Waals surface area (Å²) >= 11 is 0. The molecular formula is C14H18N4O3. The summed E-state index contributed by atoms with van der Waals surface area (Å²) in [5, 5.41) is 5.09. The van der Waals surface area contributed by atoms with Gasteiger partial charge in [-0.05, 0) is 31.5 Å². The molecule has 0 aliphatic rings. The second-order valence-corrected chi connectivity index (χ2v) is 4.39. The van der Waals surface area contributed by atoms with Crippen molar-refractivity contribution in [2.24, 2.45) is 0 Å². The zero-order valence-electron chi connectivity index (χ0n) is 11.8. The van der Waals surface area contributed by atoms with Gasteiger partial charge >= 0.3 is 11.8 Å². The Morgan fingerprint density at radius 3 is 3.00 bits per heavy atom. The van der Waals surface area contributed by atoms with Crippen molar-refractivity contribution in [3.8, 4) is 0 Å². The number of anilines is 1. The molecule has 1 aromatic heterocycles. The minimum absolute atomic E-state index is 0.409. The molecule has 1 aromatic carbocycles. The third-order valence-electron chi connectivity index (χ3n) is 2.84. The Kier molecular flexibility index (Phi) is 5.28. The van der Waals surface area contributed by atoms with Gasteiger partial charge in [0, 0.05) is 25.4 Å². The summed E-state index contributed by atoms with van der Waals surface area (Å²) in [6.07, 6.45) is 2.24. The van der Waals surface area contributed by atoms with E-state index in [4.69, 9.17) is 4.74 Å². The Hall–Kier alpha value is -2.41. The van der Waals surface area contributed by atoms with Crippen molar-refractivity contribution in [1.82, 2.24) is 15.3 Å². The summed E-state index contributed by atoms with van der Waals surface area (Å²) in [7, 11) is 0. The van der Waals surface area contributed by atoms with E-state index in [1.54, 1.807) is 24.5 Å². The lowest BCUT2D eigenvalue weighted by atomic mass is 10.2. The number of imidazole rings is 1. The minimum Gasteiger partial charge on any atom is -0.382 e. The number of nitrogens with zero attached hydrogens (tertiary/aromatic N) is 1. The number of aromatic amines is 1. The SMILES string of the molecule is CCOCCCNC(=O)C(=O)Nc1ccc2nc[nH]c2c1. The number of nitrogens with one attached hydrogen (secondary N) is 3. The summed E-state index contributed by atoms with van der Waals surface area (Å²) in [5.41, 5.74) is 2.14. The first kappa shape index (κ1) is 15.0. The highest BCUT2D eigenvalue weighted by molar-refractivity contribution is 6.39. The Balaban J connectivity index is 1.81. The quantitative estimate of drug-likeness (QED) is 0.547. The molecule has 7 nitrogen and oxygen atoms in total. The van der Waals surface area contributed by atoms with Crippen LogP contribution < -0.4 is 10.6 Å². The summed E-state index contributed by atoms with van der Waals surface area (Å²) in [4.78, 5) is 30.4. The van der Waals surface area contributed by atoms with Crippen LogP contribution in [0.5, 0.6) is 0 Å². The molecular weight excluding hydrogens is 272 g/mol. The molecule has 0 aliphatic heterocycles. The number of hydrogen-bond acceptors (Lipinski definition) is 4. The lowest BCUT2D eigenvalue weighted by molar-refractivity contribution is -0.136. The molecule has 0 spiro atoms. The Morgan fingerprint density at radius 1 is 1.33 bits per heavy atom. The number of H-pyrrole nitrogens is 1. The molecule has 0 bridgehead atoms. The van der Waals surface area contributed by atoms with Crippen molar-refractivity contribution >= 4 is 28.5 Å². The van der Waals surface area contributed by atoms with Crippen LogP contribution >= 0.6 is 0 Å². The van der Waals surface area contributed by atoms with Gasteiger partial charge in [-0.25, -0.2) is 4.98 Å². The fraction of sp³-hybridized carbons (Fsp3) is 0.357. The van der Waals surface area contributed by atoms with Crippen LogP contribution in [-0.2, 0) is 14.3 Å². The summed E-state index contributed by atoms with van der Waals surface area (Å²) in [5.74, 6) is -1.35. The molecule has 112 valence electrons. The largest absolute Gasteiger partial charge is 0.382 e. The average molecular weight is 290 g/mol. The van der Waals surface area contributed by atoms with Crippen molar-refractivity contribution in [1.29, 1.82) is 0 Å². The fourth-order valence-electron chi connectivity index (χ4n) is 1.80. The van der Waals surface area contributed by atoms with Gasteiger partial charge in [-0.1, -0.05) is 0 Å². The molecule has 0 atom stereocenters. The Morgan fingerprint density at radius 2 is 2.19 bits per heavy atom. The number of carbonyl (C=O) groups is 2. The second-order valence-electron chi connectivity index (χ2n) is 4.39. The van der Waals surface area contributed by atoms with Gasteiger partial charge in [0.25, 0.3) is 0 Å². The maximum Gasteiger partial charge on any atom is 0.313 e. The van der Waals surface area contributed by atoms with Crippen molar-refractivity contribution < 1.29 is 14.3 Å². The van der Waals surface area contributed by atoms with Crippen molar-refractivity contribution in [2.45, 2.75) is 13.3 Å². The van der Waals surface area contributed by atoms with E-state index in [1.165, 1.54) is 0 Å². The smallest absolute Gasteiger partial charge is 0.313 e. The first-order chi connectivity index (χ1) is 10.2. The highest BCUT2D eigenvalue weighted by Gasteiger charge is 2.13. The van der Waals surface area contributed by atoms with Crippen LogP contribution in [0.3, 0.4) is 0 Å². The van der Waals surface area contributed by atoms with Gasteiger partial charge in [0.15, 0.2) is 0 Å². The average Bonchev–Trinajstić information content (AvgIpc) is 2.94. The number of fused-ring (bicyclic) bond motifs is 1. The highest BCUT2D eigenvalue weighted by Crippen LogP contribution is 2.15. The van der Waals surface area contributed by atoms with E-state index in [2.05, 4.69) is 20.6 Å². The topological polar surface area (TPSA) is 96.1 Å². The fourth-order valence-corrected chi connectivity index (χ4v) is 1.80. The van der Waals surface area contributed by atoms with Gasteiger partial charge in [-0.3, -0.25) is 9.59 Å². The number of amides is 2. The first-order valence-corrected chi connectivity index (χ1v) is 6.80. The van der Waals surface area contributed by atoms with Crippen molar-refractivity contribution in [2.75, 3.05) is 25.1 Å². The van der Waals surface area contributed by atoms with Gasteiger partial charge in [-0.15, -0.1) is 0 Å². The molecule has 3 N–H and O–H groups in total. The molecule has 0 aliphatic carbocycles. The van der Waals surface area contributed by atoms with Crippen LogP contribution in [0.4, 0.5) is 5.69 Å². The zero-order valence-corrected chi connectivity index (χ0v) is 11.8. The number of rotatable bonds is 6. The number of ether oxygens (including phenoxy) is 1. The zero-order chi connectivity index (χ0) is 15.1. The predicted molar refractivity (Wildman–Crippen MR) is 78.8 cm³/mol. The molecule has 2 aromatic rings. The molecule has 2 amide bonds. The van der Waals surface area contributed by atoms with Crippen LogP contribution in [0.1, 0.15) is 13.3 Å². The van der Waals surface area contributed by atoms with E-state index >= 15 is 0 Å². The summed E-state index contributed by atoms with van der Waals surface area (Å²) in [6, 6.07) is 5.19. The molecule has 21 heavy (non-hydrogen) atoms. The molecule has 0 fully saturated rings. The predicted octanol–water partition coefficient (Wildman–Crippen LogP) is 1.04. The van der Waals surface area contributed by atoms with Gasteiger partial charge in [-0.2, -0.15) is 0 Å². The molecule has 2 rings (SSSR count). The molecule has 0 saturated heterocycles. The van der Waals surface area contributed by atoms with Crippen LogP contribution in [0.2, 0.25) is 0 Å². The molecule has 1 heterocycles. The normalized spacial score (nSPS) is 10.5. The van der Waals surface area contributed by atoms with E-state index in [-0.39, 0.29) is 0 Å². The maximum absolute atomic E-state index is 11.7. The van der Waals surface area contributed by atoms with E-state index in [9.17, 15) is 9.59 Å². The van der Waals surface area contributed by atoms with Crippen molar-refractivity contribution in [3.63, 3.8) is 0 Å². The van der Waals surface area contributed by atoms with E-state index < -0.39 is 11.8 Å². The van der Waals surface area contributed by atoms with Gasteiger partial charge in [0.1, 0.15) is 0 Å². The van der Waals surface area contributed by atoms with Crippen LogP contribution in [-0.4, -0.2) is 41.5 Å². The Bertz CT molecular complexity index is 623. The maximum atomic E-state index is 11.7. The molecule has 0 saturated carbocycles. The van der Waals surface area contributed by atoms with Gasteiger partial charge in [0.05, 0.1) is 17.4 Å². The second kappa shape index (κ2) is 7.39. The van der Waals surface area contributed by atoms with E-state index in [0.717, 1.165) is 11.0 Å². The van der Waals surface area contributed by atoms with Crippen LogP contribution in [0, 0.1) is 0 Å². The van der Waals surface area contributed by atoms with Crippen LogP contribution in [0.15, 0.2) is 24.5 Å². The summed E-state index contributed by atoms with van der Waals surface area (Å²) in [6.45, 7) is 3.52. The van der Waals surface area contributed by atoms with Gasteiger partial charge < -0.3 is 20.4 Å². The highest BCUT2D eigenvalue weighted by atomic mass is 16.5. The number of aromatic nitrogens is 2. The first-order valence-electron chi connectivity index (χ1n) is 6.80. The minimum atomic E-state index is -0.690. The monoisotopic (exact) mass is 290 g/mol. The molecule has 0 unspecified atom stereocenters. The number of hydrogen-bond donors (Lipinski definition) is 3. The standard InChI is InChI=1S/C14H18N4O3/c1-2-21-7-3-6-15-13(19)14(20)18-10-4-5-11-12(8-10)17-9-16-11/h4-5,8-9H,2-3,6-7H2,1H3,(H,15,19)(H,16,17)(H,18,20). The molecule has 0 radical (unpaired) electrons.